The van der Waals surface area contributed by atoms with E-state index in [1.807, 2.05) is 29.6 Å². The number of nitrogen functional groups attached to an aromatic ring is 2. The lowest BCUT2D eigenvalue weighted by molar-refractivity contribution is -0.197. The molecule has 0 unspecified atom stereocenters. The van der Waals surface area contributed by atoms with Crippen molar-refractivity contribution in [2.45, 2.75) is 212 Å². The van der Waals surface area contributed by atoms with Crippen molar-refractivity contribution in [3.63, 3.8) is 0 Å². The lowest BCUT2D eigenvalue weighted by Gasteiger charge is -2.22. The number of ether oxygens (including phenoxy) is 4. The van der Waals surface area contributed by atoms with Gasteiger partial charge in [0.2, 0.25) is 37.8 Å². The van der Waals surface area contributed by atoms with Crippen LogP contribution < -0.4 is 53.6 Å². The minimum Gasteiger partial charge on any atom is -0.384 e. The van der Waals surface area contributed by atoms with Gasteiger partial charge in [-0.15, -0.1) is 5.06 Å². The van der Waals surface area contributed by atoms with E-state index >= 15 is 0 Å². The van der Waals surface area contributed by atoms with Crippen LogP contribution in [0.5, 0.6) is 0 Å². The highest BCUT2D eigenvalue weighted by molar-refractivity contribution is 7.89. The first-order valence-electron chi connectivity index (χ1n) is 43.1. The third-order valence-electron chi connectivity index (χ3n) is 20.3. The maximum absolute atomic E-state index is 14.1. The molecule has 0 bridgehead atoms. The van der Waals surface area contributed by atoms with Gasteiger partial charge in [-0.25, -0.2) is 31.1 Å². The maximum atomic E-state index is 14.1. The van der Waals surface area contributed by atoms with Gasteiger partial charge in [0.05, 0.1) is 63.0 Å². The lowest BCUT2D eigenvalue weighted by atomic mass is 9.89. The van der Waals surface area contributed by atoms with Crippen molar-refractivity contribution in [2.75, 3.05) is 67.0 Å². The van der Waals surface area contributed by atoms with Crippen LogP contribution >= 0.6 is 0 Å². The van der Waals surface area contributed by atoms with E-state index in [4.69, 9.17) is 52.7 Å². The molecule has 0 aliphatic carbocycles. The fourth-order valence-corrected chi connectivity index (χ4v) is 16.1. The Balaban J connectivity index is 0.000000551. The number of benzene rings is 6. The molecule has 16 N–H and O–H groups in total. The molecule has 1 heterocycles. The second kappa shape index (κ2) is 63.0. The third-order valence-corrected chi connectivity index (χ3v) is 23.0. The predicted molar refractivity (Wildman–Crippen MR) is 495 cm³/mol. The number of nitrogens with one attached hydrogen (secondary N) is 8. The Hall–Kier alpha value is -11.2. The van der Waals surface area contributed by atoms with Gasteiger partial charge in [-0.1, -0.05) is 205 Å². The number of ketones is 4. The molecule has 6 aromatic rings. The number of nitrogens with zero attached hydrogens (tertiary/aromatic N) is 1. The van der Waals surface area contributed by atoms with Gasteiger partial charge in [0, 0.05) is 134 Å². The summed E-state index contributed by atoms with van der Waals surface area (Å²) < 4.78 is 117. The summed E-state index contributed by atoms with van der Waals surface area (Å²) in [6.07, 6.45) is 0.810. The number of carbonyl (C=O) groups is 11. The number of imide groups is 1. The molecule has 726 valence electrons. The SMILES string of the molecule is C.C.COCCOCCCC(=O)CCC(=O)ON1C(=O)CCC1=O.COCCOCCNC(=O)CCC(=O)CCCCCC[C@@H](NS(=O)(=O)Cc1ccccc1)C(=O)C[C@@H](Cc1cccc(CN)c1)C(=O)NCc1ccc(C(=N)N)cc1.N=C(N)c1ccc(CNC(=O)[C@@H](CC(=O)[C@@H](CCCCCN)NS(=O)(=O)Cc2ccccc2)Cc2cccc(CNC(=O)C(F)(F)F)c2)cc1. The summed E-state index contributed by atoms with van der Waals surface area (Å²) >= 11 is 0. The Morgan fingerprint density at radius 1 is 0.455 bits per heavy atom. The van der Waals surface area contributed by atoms with Gasteiger partial charge in [0.15, 0.2) is 11.6 Å². The molecule has 1 fully saturated rings. The van der Waals surface area contributed by atoms with Crippen molar-refractivity contribution < 1.29 is 107 Å². The Morgan fingerprint density at radius 2 is 0.871 bits per heavy atom. The summed E-state index contributed by atoms with van der Waals surface area (Å²) in [4.78, 5) is 141. The van der Waals surface area contributed by atoms with Crippen LogP contribution in [0, 0.1) is 22.7 Å². The first kappa shape index (κ1) is 115. The summed E-state index contributed by atoms with van der Waals surface area (Å²) in [5, 5.41) is 26.0. The lowest BCUT2D eigenvalue weighted by Crippen LogP contribution is -2.43. The molecule has 1 aliphatic heterocycles. The zero-order chi connectivity index (χ0) is 95.3. The van der Waals surface area contributed by atoms with E-state index in [9.17, 15) is 82.7 Å². The van der Waals surface area contributed by atoms with Gasteiger partial charge >= 0.3 is 18.1 Å². The van der Waals surface area contributed by atoms with Gasteiger partial charge in [-0.05, 0) is 96.0 Å². The van der Waals surface area contributed by atoms with Crippen molar-refractivity contribution in [1.29, 1.82) is 10.8 Å². The molecule has 33 nitrogen and oxygen atoms in total. The molecule has 1 saturated heterocycles. The molecule has 0 aromatic heterocycles. The number of alkyl halides is 3. The molecule has 7 rings (SSSR count). The molecule has 0 saturated carbocycles. The monoisotopic (exact) mass is 1880 g/mol. The Bertz CT molecular complexity index is 4830. The average molecular weight is 1890 g/mol. The van der Waals surface area contributed by atoms with E-state index in [1.54, 1.807) is 136 Å². The van der Waals surface area contributed by atoms with E-state index < -0.39 is 97.9 Å². The van der Waals surface area contributed by atoms with E-state index in [-0.39, 0.29) is 152 Å². The number of amides is 6. The van der Waals surface area contributed by atoms with Crippen LogP contribution in [-0.4, -0.2) is 183 Å². The molecular formula is C94H132F3N13O20S2. The highest BCUT2D eigenvalue weighted by Crippen LogP contribution is 2.24. The van der Waals surface area contributed by atoms with Gasteiger partial charge in [0.1, 0.15) is 23.2 Å². The van der Waals surface area contributed by atoms with Gasteiger partial charge < -0.3 is 68.0 Å². The van der Waals surface area contributed by atoms with Gasteiger partial charge in [-0.2, -0.15) is 13.2 Å². The predicted octanol–water partition coefficient (Wildman–Crippen LogP) is 9.07. The Kier molecular flexibility index (Phi) is 54.9. The molecule has 0 radical (unpaired) electrons. The molecular weight excluding hydrogens is 1750 g/mol. The summed E-state index contributed by atoms with van der Waals surface area (Å²) in [7, 11) is -4.74. The quantitative estimate of drug-likeness (QED) is 0.00732. The number of sulfonamides is 2. The van der Waals surface area contributed by atoms with E-state index in [1.165, 1.54) is 12.1 Å². The number of Topliss-reactive ketones (excluding diaryl/α,β-unsaturated/α-hetero) is 4. The Labute approximate surface area is 772 Å². The molecule has 0 spiro atoms. The number of hydroxylamine groups is 2. The summed E-state index contributed by atoms with van der Waals surface area (Å²) in [6.45, 7) is 3.69. The first-order valence-corrected chi connectivity index (χ1v) is 46.4. The number of hydrogen-bond acceptors (Lipinski definition) is 24. The number of methoxy groups -OCH3 is 2. The summed E-state index contributed by atoms with van der Waals surface area (Å²) in [6, 6.07) is 42.3. The second-order valence-electron chi connectivity index (χ2n) is 31.0. The summed E-state index contributed by atoms with van der Waals surface area (Å²) in [5.41, 5.74) is 28.8. The normalized spacial score (nSPS) is 12.7. The van der Waals surface area contributed by atoms with Crippen molar-refractivity contribution in [1.82, 2.24) is 35.8 Å². The van der Waals surface area contributed by atoms with Gasteiger partial charge in [0.25, 0.3) is 11.8 Å². The molecule has 6 aromatic carbocycles. The zero-order valence-electron chi connectivity index (χ0n) is 73.6. The fraction of sp³-hybridized carbons (Fsp3) is 0.479. The first-order chi connectivity index (χ1) is 62.1. The van der Waals surface area contributed by atoms with Crippen LogP contribution in [0.15, 0.2) is 158 Å². The standard InChI is InChI=1S/C43H60N6O8S.C35H43F3N6O5S.C14H21NO7.2CH4/c1-56-24-25-57-23-22-47-41(52)21-20-38(50)14-7-2-3-8-15-39(49-58(54,55)31-33-10-5-4-6-11-33)40(51)28-37(27-34-12-9-13-35(26-34)29-44)43(53)48-30-32-16-18-36(19-17-32)42(45)46;36-35(37,38)34(47)43-22-27-11-7-10-26(18-27)19-29(33(46)42-21-24-13-15-28(16-14-24)32(40)41)20-31(45)30(12-5-2-6-17-39)44-50(48,49)23-25-8-3-1-4-9-25;1-20-9-10-21-8-2-3-11(16)4-7-14(19)22-15-12(17)5-6-13(15)18;;/h4-6,9-13,16-19,26,37,39,49H,2-3,7-8,14-15,20-25,27-31,44H2,1H3,(H3,45,46)(H,47,52)(H,48,53);1,3-4,7-11,13-16,18,29-30,44H,2,5-6,12,17,19-23,39H2,(H3,40,41)(H,42,46)(H,43,47);2-10H2,1H3;2*1H4/t37-,39-;29-,30-;;;/m11.../s1. The number of nitrogens with two attached hydrogens (primary N) is 4. The van der Waals surface area contributed by atoms with Crippen LogP contribution in [0.1, 0.15) is 199 Å². The maximum Gasteiger partial charge on any atom is 0.471 e. The highest BCUT2D eigenvalue weighted by Gasteiger charge is 2.39. The molecule has 132 heavy (non-hydrogen) atoms. The fourth-order valence-electron chi connectivity index (χ4n) is 13.3. The number of halogens is 3. The van der Waals surface area contributed by atoms with Crippen LogP contribution in [0.4, 0.5) is 13.2 Å². The number of rotatable bonds is 61. The molecule has 1 aliphatic rings. The molecule has 38 heteroatoms. The average Bonchev–Trinajstić information content (AvgIpc) is 1.29. The summed E-state index contributed by atoms with van der Waals surface area (Å²) in [5.74, 6) is -8.58. The molecule has 4 atom stereocenters. The number of hydrogen-bond donors (Lipinski definition) is 12. The van der Waals surface area contributed by atoms with Crippen LogP contribution in [0.3, 0.4) is 0 Å². The highest BCUT2D eigenvalue weighted by atomic mass is 32.2. The van der Waals surface area contributed by atoms with Gasteiger partial charge in [-0.3, -0.25) is 58.8 Å². The molecule has 6 amide bonds. The third kappa shape index (κ3) is 47.8. The smallest absolute Gasteiger partial charge is 0.384 e. The zero-order valence-corrected chi connectivity index (χ0v) is 75.3. The van der Waals surface area contributed by atoms with Crippen molar-refractivity contribution in [3.8, 4) is 0 Å². The van der Waals surface area contributed by atoms with E-state index in [2.05, 4.69) is 30.2 Å². The van der Waals surface area contributed by atoms with Crippen LogP contribution in [-0.2, 0) is 147 Å². The minimum atomic E-state index is -5.04. The second-order valence-corrected chi connectivity index (χ2v) is 34.5. The minimum absolute atomic E-state index is 0. The largest absolute Gasteiger partial charge is 0.471 e. The van der Waals surface area contributed by atoms with Crippen molar-refractivity contribution >= 4 is 96.3 Å². The number of carbonyl (C=O) groups excluding carboxylic acids is 11. The van der Waals surface area contributed by atoms with Crippen LogP contribution in [0.2, 0.25) is 0 Å². The van der Waals surface area contributed by atoms with Crippen molar-refractivity contribution in [3.05, 3.63) is 213 Å². The van der Waals surface area contributed by atoms with Crippen molar-refractivity contribution in [2.24, 2.45) is 34.8 Å². The van der Waals surface area contributed by atoms with E-state index in [0.717, 1.165) is 16.7 Å². The number of unbranched alkanes of at least 4 members (excludes halogenated alkanes) is 5. The Morgan fingerprint density at radius 3 is 1.33 bits per heavy atom. The van der Waals surface area contributed by atoms with E-state index in [0.29, 0.717) is 167 Å². The number of amidine groups is 2. The topological polar surface area (TPSA) is 529 Å². The van der Waals surface area contributed by atoms with Crippen LogP contribution in [0.25, 0.3) is 0 Å².